The van der Waals surface area contributed by atoms with E-state index in [1.165, 1.54) is 24.3 Å². The fraction of sp³-hybridized carbons (Fsp3) is 0.400. The molecule has 10 heteroatoms. The Bertz CT molecular complexity index is 1550. The molecule has 2 aromatic carbocycles. The first kappa shape index (κ1) is 29.5. The van der Waals surface area contributed by atoms with Crippen LogP contribution in [-0.4, -0.2) is 31.9 Å². The van der Waals surface area contributed by atoms with Crippen molar-refractivity contribution >= 4 is 65.1 Å². The molecule has 0 amide bonds. The number of rotatable bonds is 4. The predicted molar refractivity (Wildman–Crippen MR) is 162 cm³/mol. The van der Waals surface area contributed by atoms with Gasteiger partial charge in [0.05, 0.1) is 8.95 Å². The van der Waals surface area contributed by atoms with Crippen LogP contribution in [0.1, 0.15) is 64.9 Å². The minimum atomic E-state index is -4.15. The number of Topliss-reactive ketones (excluding diaryl/α,β-unsaturated/α-hetero) is 2. The van der Waals surface area contributed by atoms with Crippen LogP contribution in [0.3, 0.4) is 0 Å². The molecule has 1 aliphatic heterocycles. The lowest BCUT2D eigenvalue weighted by molar-refractivity contribution is -0.119. The maximum atomic E-state index is 13.7. The molecule has 6 nitrogen and oxygen atoms in total. The minimum Gasteiger partial charge on any atom is -0.377 e. The summed E-state index contributed by atoms with van der Waals surface area (Å²) in [5, 5.41) is 0.410. The van der Waals surface area contributed by atoms with Crippen LogP contribution in [0.15, 0.2) is 72.8 Å². The molecule has 0 radical (unpaired) electrons. The van der Waals surface area contributed by atoms with Gasteiger partial charge in [-0.15, -0.1) is 0 Å². The van der Waals surface area contributed by atoms with Crippen LogP contribution in [0.25, 0.3) is 0 Å². The van der Waals surface area contributed by atoms with Crippen LogP contribution in [-0.2, 0) is 19.7 Å². The summed E-state index contributed by atoms with van der Waals surface area (Å²) in [6, 6.07) is 9.21. The van der Waals surface area contributed by atoms with E-state index in [1.807, 2.05) is 7.05 Å². The molecule has 0 fully saturated rings. The van der Waals surface area contributed by atoms with E-state index < -0.39 is 16.0 Å². The number of hydrogen-bond donors (Lipinski definition) is 0. The maximum Gasteiger partial charge on any atom is 0.339 e. The molecule has 40 heavy (non-hydrogen) atoms. The van der Waals surface area contributed by atoms with Crippen LogP contribution < -0.4 is 4.18 Å². The molecule has 2 aliphatic carbocycles. The second-order valence-electron chi connectivity index (χ2n) is 12.4. The highest BCUT2D eigenvalue weighted by molar-refractivity contribution is 9.11. The number of benzene rings is 2. The Morgan fingerprint density at radius 2 is 1.30 bits per heavy atom. The number of carbonyl (C=O) groups excluding carboxylic acids is 2. The monoisotopic (exact) mass is 709 g/mol. The van der Waals surface area contributed by atoms with Gasteiger partial charge in [-0.1, -0.05) is 39.3 Å². The van der Waals surface area contributed by atoms with Crippen molar-refractivity contribution in [2.75, 3.05) is 7.05 Å². The standard InChI is InChI=1S/C30H30Br2ClNO5S/c1-29(2)12-21-26(23(35)14-29)25(27-22(34(21)5)13-30(3,4)15-24(27)36)16-10-19(31)28(20(32)11-16)39-40(37,38)18-8-6-17(33)7-9-18/h6-11,25H,12-15H2,1-5H3. The van der Waals surface area contributed by atoms with Gasteiger partial charge in [0.1, 0.15) is 4.90 Å². The Labute approximate surface area is 257 Å². The highest BCUT2D eigenvalue weighted by Gasteiger charge is 2.48. The topological polar surface area (TPSA) is 80.8 Å². The summed E-state index contributed by atoms with van der Waals surface area (Å²) in [4.78, 5) is 29.5. The second kappa shape index (κ2) is 10.1. The van der Waals surface area contributed by atoms with Gasteiger partial charge >= 0.3 is 10.1 Å². The van der Waals surface area contributed by atoms with Crippen molar-refractivity contribution in [1.29, 1.82) is 0 Å². The summed E-state index contributed by atoms with van der Waals surface area (Å²) in [7, 11) is -2.19. The molecule has 0 atom stereocenters. The van der Waals surface area contributed by atoms with Gasteiger partial charge < -0.3 is 9.08 Å². The first-order valence-corrected chi connectivity index (χ1v) is 16.3. The molecular formula is C30H30Br2ClNO5S. The summed E-state index contributed by atoms with van der Waals surface area (Å²) in [6.45, 7) is 8.38. The van der Waals surface area contributed by atoms with E-state index in [0.29, 0.717) is 43.5 Å². The normalized spacial score (nSPS) is 20.9. The van der Waals surface area contributed by atoms with Crippen molar-refractivity contribution in [3.8, 4) is 5.75 Å². The predicted octanol–water partition coefficient (Wildman–Crippen LogP) is 7.95. The fourth-order valence-electron chi connectivity index (χ4n) is 6.08. The van der Waals surface area contributed by atoms with Gasteiger partial charge in [0.2, 0.25) is 0 Å². The van der Waals surface area contributed by atoms with Crippen molar-refractivity contribution in [3.05, 3.63) is 78.5 Å². The lowest BCUT2D eigenvalue weighted by Crippen LogP contribution is -2.43. The third-order valence-electron chi connectivity index (χ3n) is 7.83. The highest BCUT2D eigenvalue weighted by atomic mass is 79.9. The molecule has 0 aromatic heterocycles. The number of halogens is 3. The Morgan fingerprint density at radius 1 is 0.850 bits per heavy atom. The van der Waals surface area contributed by atoms with E-state index in [1.54, 1.807) is 12.1 Å². The van der Waals surface area contributed by atoms with Crippen molar-refractivity contribution in [2.45, 2.75) is 64.2 Å². The Kier molecular flexibility index (Phi) is 7.46. The molecule has 3 aliphatic rings. The van der Waals surface area contributed by atoms with Gasteiger partial charge in [-0.2, -0.15) is 8.42 Å². The number of allylic oxidation sites excluding steroid dienone is 4. The van der Waals surface area contributed by atoms with E-state index in [-0.39, 0.29) is 33.0 Å². The van der Waals surface area contributed by atoms with Gasteiger partial charge in [0.25, 0.3) is 0 Å². The highest BCUT2D eigenvalue weighted by Crippen LogP contribution is 2.54. The molecule has 2 aromatic rings. The summed E-state index contributed by atoms with van der Waals surface area (Å²) < 4.78 is 32.3. The molecular weight excluding hydrogens is 682 g/mol. The average molecular weight is 712 g/mol. The van der Waals surface area contributed by atoms with E-state index in [0.717, 1.165) is 24.2 Å². The molecule has 0 saturated heterocycles. The van der Waals surface area contributed by atoms with Gasteiger partial charge in [0.15, 0.2) is 17.3 Å². The first-order chi connectivity index (χ1) is 18.5. The van der Waals surface area contributed by atoms with E-state index in [2.05, 4.69) is 64.5 Å². The average Bonchev–Trinajstić information content (AvgIpc) is 2.81. The maximum absolute atomic E-state index is 13.7. The smallest absolute Gasteiger partial charge is 0.339 e. The zero-order valence-electron chi connectivity index (χ0n) is 22.9. The van der Waals surface area contributed by atoms with Crippen LogP contribution in [0, 0.1) is 10.8 Å². The number of hydrogen-bond acceptors (Lipinski definition) is 6. The summed E-state index contributed by atoms with van der Waals surface area (Å²) in [5.74, 6) is -0.416. The lowest BCUT2D eigenvalue weighted by Gasteiger charge is -2.48. The third kappa shape index (κ3) is 5.35. The summed E-state index contributed by atoms with van der Waals surface area (Å²) >= 11 is 12.9. The summed E-state index contributed by atoms with van der Waals surface area (Å²) in [6.07, 6.45) is 2.22. The number of carbonyl (C=O) groups is 2. The molecule has 1 heterocycles. The van der Waals surface area contributed by atoms with Crippen molar-refractivity contribution in [3.63, 3.8) is 0 Å². The Morgan fingerprint density at radius 3 is 1.75 bits per heavy atom. The van der Waals surface area contributed by atoms with Gasteiger partial charge in [0, 0.05) is 53.4 Å². The van der Waals surface area contributed by atoms with Gasteiger partial charge in [-0.25, -0.2) is 0 Å². The lowest BCUT2D eigenvalue weighted by atomic mass is 9.64. The largest absolute Gasteiger partial charge is 0.377 e. The van der Waals surface area contributed by atoms with Gasteiger partial charge in [-0.05, 0) is 97.5 Å². The minimum absolute atomic E-state index is 0.0326. The van der Waals surface area contributed by atoms with Crippen molar-refractivity contribution < 1.29 is 22.2 Å². The Hall–Kier alpha value is -1.94. The number of nitrogens with zero attached hydrogens (tertiary/aromatic N) is 1. The van der Waals surface area contributed by atoms with E-state index in [4.69, 9.17) is 15.8 Å². The fourth-order valence-corrected chi connectivity index (χ4v) is 8.77. The SMILES string of the molecule is CN1C2=C(C(=O)CC(C)(C)C2)C(c2cc(Br)c(OS(=O)(=O)c3ccc(Cl)cc3)c(Br)c2)C2=C1CC(C)(C)CC2=O. The van der Waals surface area contributed by atoms with Crippen LogP contribution in [0.5, 0.6) is 5.75 Å². The van der Waals surface area contributed by atoms with Crippen LogP contribution >= 0.6 is 43.5 Å². The second-order valence-corrected chi connectivity index (χ2v) is 16.1. The third-order valence-corrected chi connectivity index (χ3v) is 10.5. The van der Waals surface area contributed by atoms with E-state index in [9.17, 15) is 18.0 Å². The quantitative estimate of drug-likeness (QED) is 0.300. The molecule has 0 saturated carbocycles. The molecule has 0 unspecified atom stereocenters. The molecule has 0 bridgehead atoms. The van der Waals surface area contributed by atoms with Gasteiger partial charge in [-0.3, -0.25) is 9.59 Å². The molecule has 0 spiro atoms. The van der Waals surface area contributed by atoms with Crippen molar-refractivity contribution in [1.82, 2.24) is 4.90 Å². The first-order valence-electron chi connectivity index (χ1n) is 12.9. The van der Waals surface area contributed by atoms with Crippen molar-refractivity contribution in [2.24, 2.45) is 10.8 Å². The number of ketones is 2. The molecule has 5 rings (SSSR count). The van der Waals surface area contributed by atoms with Crippen LogP contribution in [0.4, 0.5) is 0 Å². The van der Waals surface area contributed by atoms with Crippen LogP contribution in [0.2, 0.25) is 5.02 Å². The van der Waals surface area contributed by atoms with E-state index >= 15 is 0 Å². The summed E-state index contributed by atoms with van der Waals surface area (Å²) in [5.41, 5.74) is 3.52. The molecule has 0 N–H and O–H groups in total. The zero-order chi connectivity index (χ0) is 29.4. The zero-order valence-corrected chi connectivity index (χ0v) is 27.6. The Balaban J connectivity index is 1.64. The molecule has 212 valence electrons.